The van der Waals surface area contributed by atoms with Crippen molar-refractivity contribution < 1.29 is 80.2 Å². The van der Waals surface area contributed by atoms with Gasteiger partial charge >= 0.3 is 0 Å². The number of aliphatic hydroxyl groups excluding tert-OH is 11. The molecule has 0 spiro atoms. The first kappa shape index (κ1) is 27.9. The first-order valence-electron chi connectivity index (χ1n) is 10.5. The van der Waals surface area contributed by atoms with E-state index in [4.69, 9.17) is 18.9 Å². The topological polar surface area (TPSA) is 280 Å². The second-order valence-corrected chi connectivity index (χ2v) is 8.58. The molecule has 15 atom stereocenters. The Morgan fingerprint density at radius 3 is 1.79 bits per heavy atom. The third kappa shape index (κ3) is 4.59. The average Bonchev–Trinajstić information content (AvgIpc) is 2.82. The van der Waals surface area contributed by atoms with Gasteiger partial charge in [0.1, 0.15) is 73.2 Å². The molecule has 2 unspecified atom stereocenters. The fraction of sp³-hybridized carbons (Fsp3) is 1.00. The van der Waals surface area contributed by atoms with E-state index in [2.05, 4.69) is 0 Å². The standard InChI is InChI=1S/C18H32O16/c19-1-4-7(22)8(23)10(25)15(31-4)18(30)6(3-21)33-17(12(27)14(18)28)34-13-5(2-20)32-16(29)11(26)9(13)24/h4-17,19-30H,1-3H2/t4-,5-,6-,7+,8+,9-,10-,11-,12-,13-,14-,15?,16?,17+,18+/m1/s1. The van der Waals surface area contributed by atoms with E-state index in [1.54, 1.807) is 0 Å². The van der Waals surface area contributed by atoms with Gasteiger partial charge in [0.15, 0.2) is 18.2 Å². The van der Waals surface area contributed by atoms with Crippen LogP contribution in [0.2, 0.25) is 0 Å². The minimum absolute atomic E-state index is 0.810. The molecule has 3 heterocycles. The van der Waals surface area contributed by atoms with Crippen molar-refractivity contribution in [2.45, 2.75) is 91.4 Å². The van der Waals surface area contributed by atoms with Gasteiger partial charge < -0.3 is 80.2 Å². The molecule has 16 heteroatoms. The highest BCUT2D eigenvalue weighted by molar-refractivity contribution is 5.12. The van der Waals surface area contributed by atoms with Crippen LogP contribution in [-0.4, -0.2) is 173 Å². The van der Waals surface area contributed by atoms with Crippen LogP contribution in [0.15, 0.2) is 0 Å². The van der Waals surface area contributed by atoms with Crippen molar-refractivity contribution in [3.05, 3.63) is 0 Å². The number of rotatable bonds is 6. The van der Waals surface area contributed by atoms with Gasteiger partial charge in [0, 0.05) is 0 Å². The zero-order valence-corrected chi connectivity index (χ0v) is 17.7. The predicted molar refractivity (Wildman–Crippen MR) is 101 cm³/mol. The van der Waals surface area contributed by atoms with E-state index in [9.17, 15) is 61.3 Å². The van der Waals surface area contributed by atoms with Crippen molar-refractivity contribution in [1.82, 2.24) is 0 Å². The van der Waals surface area contributed by atoms with E-state index < -0.39 is 111 Å². The number of hydrogen-bond acceptors (Lipinski definition) is 16. The van der Waals surface area contributed by atoms with Gasteiger partial charge in [-0.05, 0) is 0 Å². The van der Waals surface area contributed by atoms with E-state index in [1.807, 2.05) is 0 Å². The van der Waals surface area contributed by atoms with Crippen molar-refractivity contribution in [3.63, 3.8) is 0 Å². The summed E-state index contributed by atoms with van der Waals surface area (Å²) in [6.45, 7) is -2.73. The fourth-order valence-electron chi connectivity index (χ4n) is 4.49. The summed E-state index contributed by atoms with van der Waals surface area (Å²) < 4.78 is 20.9. The van der Waals surface area contributed by atoms with Crippen molar-refractivity contribution in [3.8, 4) is 0 Å². The molecule has 0 radical (unpaired) electrons. The zero-order chi connectivity index (χ0) is 25.5. The lowest BCUT2D eigenvalue weighted by Crippen LogP contribution is -2.77. The van der Waals surface area contributed by atoms with Crippen LogP contribution in [-0.2, 0) is 18.9 Å². The van der Waals surface area contributed by atoms with Crippen LogP contribution in [0.3, 0.4) is 0 Å². The molecule has 3 aliphatic heterocycles. The summed E-state index contributed by atoms with van der Waals surface area (Å²) in [7, 11) is 0. The maximum atomic E-state index is 11.2. The Balaban J connectivity index is 1.85. The quantitative estimate of drug-likeness (QED) is 0.160. The SMILES string of the molecule is OC[C@H]1OC([C@@]2(O)[C@H](O)[C@@H](O)[C@H](O[C@H]3[C@H](O)[C@@H](O)C(O)O[C@@H]3CO)O[C@@H]2CO)[C@H](O)[C@@H](O)[C@H]1O. The largest absolute Gasteiger partial charge is 0.394 e. The van der Waals surface area contributed by atoms with Gasteiger partial charge in [-0.25, -0.2) is 0 Å². The molecule has 34 heavy (non-hydrogen) atoms. The Bertz CT molecular complexity index is 662. The van der Waals surface area contributed by atoms with Crippen molar-refractivity contribution in [1.29, 1.82) is 0 Å². The molecule has 3 aliphatic rings. The first-order valence-corrected chi connectivity index (χ1v) is 10.5. The molecular formula is C18H32O16. The Morgan fingerprint density at radius 1 is 0.618 bits per heavy atom. The van der Waals surface area contributed by atoms with Gasteiger partial charge in [-0.2, -0.15) is 0 Å². The molecule has 12 N–H and O–H groups in total. The highest BCUT2D eigenvalue weighted by Gasteiger charge is 2.64. The molecule has 0 aromatic carbocycles. The minimum Gasteiger partial charge on any atom is -0.394 e. The molecule has 3 rings (SSSR count). The van der Waals surface area contributed by atoms with Gasteiger partial charge in [0.05, 0.1) is 19.8 Å². The van der Waals surface area contributed by atoms with Crippen molar-refractivity contribution >= 4 is 0 Å². The predicted octanol–water partition coefficient (Wildman–Crippen LogP) is -8.18. The smallest absolute Gasteiger partial charge is 0.187 e. The van der Waals surface area contributed by atoms with Crippen molar-refractivity contribution in [2.75, 3.05) is 19.8 Å². The molecular weight excluding hydrogens is 472 g/mol. The summed E-state index contributed by atoms with van der Waals surface area (Å²) in [5, 5.41) is 121. The Hall–Kier alpha value is -0.640. The molecule has 0 bridgehead atoms. The molecule has 0 aliphatic carbocycles. The number of aliphatic hydroxyl groups is 12. The first-order chi connectivity index (χ1) is 15.9. The molecule has 200 valence electrons. The van der Waals surface area contributed by atoms with Crippen LogP contribution in [0.1, 0.15) is 0 Å². The lowest BCUT2D eigenvalue weighted by Gasteiger charge is -2.55. The highest BCUT2D eigenvalue weighted by atomic mass is 16.7. The van der Waals surface area contributed by atoms with E-state index in [0.717, 1.165) is 0 Å². The van der Waals surface area contributed by atoms with Crippen LogP contribution in [0.25, 0.3) is 0 Å². The third-order valence-electron chi connectivity index (χ3n) is 6.53. The lowest BCUT2D eigenvalue weighted by molar-refractivity contribution is -0.391. The molecule has 0 aromatic rings. The van der Waals surface area contributed by atoms with Gasteiger partial charge in [0.25, 0.3) is 0 Å². The maximum absolute atomic E-state index is 11.2. The molecule has 3 fully saturated rings. The zero-order valence-electron chi connectivity index (χ0n) is 17.7. The highest BCUT2D eigenvalue weighted by Crippen LogP contribution is 2.40. The second-order valence-electron chi connectivity index (χ2n) is 8.58. The summed E-state index contributed by atoms with van der Waals surface area (Å²) in [4.78, 5) is 0. The fourth-order valence-corrected chi connectivity index (χ4v) is 4.49. The van der Waals surface area contributed by atoms with Gasteiger partial charge in [-0.15, -0.1) is 0 Å². The Kier molecular flexibility index (Phi) is 8.85. The van der Waals surface area contributed by atoms with E-state index >= 15 is 0 Å². The Morgan fingerprint density at radius 2 is 1.24 bits per heavy atom. The van der Waals surface area contributed by atoms with Gasteiger partial charge in [-0.1, -0.05) is 0 Å². The van der Waals surface area contributed by atoms with Crippen LogP contribution >= 0.6 is 0 Å². The second kappa shape index (κ2) is 10.8. The molecule has 0 aromatic heterocycles. The molecule has 0 saturated carbocycles. The molecule has 16 nitrogen and oxygen atoms in total. The minimum atomic E-state index is -2.82. The van der Waals surface area contributed by atoms with E-state index in [-0.39, 0.29) is 0 Å². The van der Waals surface area contributed by atoms with Crippen LogP contribution in [0.4, 0.5) is 0 Å². The number of hydrogen-bond donors (Lipinski definition) is 12. The summed E-state index contributed by atoms with van der Waals surface area (Å²) in [6.07, 6.45) is -26.2. The molecule has 3 saturated heterocycles. The summed E-state index contributed by atoms with van der Waals surface area (Å²) in [5.74, 6) is 0. The van der Waals surface area contributed by atoms with Crippen LogP contribution in [0.5, 0.6) is 0 Å². The average molecular weight is 504 g/mol. The molecule has 0 amide bonds. The third-order valence-corrected chi connectivity index (χ3v) is 6.53. The van der Waals surface area contributed by atoms with Gasteiger partial charge in [0.2, 0.25) is 0 Å². The summed E-state index contributed by atoms with van der Waals surface area (Å²) in [6, 6.07) is 0. The normalized spacial score (nSPS) is 54.7. The van der Waals surface area contributed by atoms with E-state index in [0.29, 0.717) is 0 Å². The lowest BCUT2D eigenvalue weighted by atomic mass is 9.75. The monoisotopic (exact) mass is 504 g/mol. The van der Waals surface area contributed by atoms with Crippen molar-refractivity contribution in [2.24, 2.45) is 0 Å². The Labute approximate surface area is 192 Å². The van der Waals surface area contributed by atoms with Crippen LogP contribution in [0, 0.1) is 0 Å². The van der Waals surface area contributed by atoms with Gasteiger partial charge in [-0.3, -0.25) is 0 Å². The van der Waals surface area contributed by atoms with Crippen LogP contribution < -0.4 is 0 Å². The van der Waals surface area contributed by atoms with E-state index in [1.165, 1.54) is 0 Å². The summed E-state index contributed by atoms with van der Waals surface area (Å²) >= 11 is 0. The maximum Gasteiger partial charge on any atom is 0.187 e. The number of ether oxygens (including phenoxy) is 4. The summed E-state index contributed by atoms with van der Waals surface area (Å²) in [5.41, 5.74) is -2.82.